The molecule has 0 atom stereocenters. The van der Waals surface area contributed by atoms with Crippen LogP contribution in [0.1, 0.15) is 0 Å². The van der Waals surface area contributed by atoms with Gasteiger partial charge in [0, 0.05) is 38.5 Å². The van der Waals surface area contributed by atoms with Gasteiger partial charge in [0.1, 0.15) is 0 Å². The van der Waals surface area contributed by atoms with E-state index in [1.807, 2.05) is 12.1 Å². The molecule has 0 aliphatic rings. The second kappa shape index (κ2) is 12.9. The van der Waals surface area contributed by atoms with E-state index in [1.165, 1.54) is 55.2 Å². The van der Waals surface area contributed by atoms with Crippen molar-refractivity contribution in [3.8, 4) is 61.7 Å². The Hall–Kier alpha value is -7.10. The Morgan fingerprint density at radius 2 is 0.830 bits per heavy atom. The van der Waals surface area contributed by atoms with Gasteiger partial charge in [-0.2, -0.15) is 0 Å². The van der Waals surface area contributed by atoms with E-state index in [0.29, 0.717) is 5.82 Å². The molecule has 0 bridgehead atoms. The van der Waals surface area contributed by atoms with Crippen LogP contribution in [0.15, 0.2) is 200 Å². The molecule has 3 heteroatoms. The molecule has 0 unspecified atom stereocenters. The summed E-state index contributed by atoms with van der Waals surface area (Å²) < 4.78 is 2.40. The number of aromatic nitrogens is 3. The maximum Gasteiger partial charge on any atom is 0.160 e. The zero-order valence-corrected chi connectivity index (χ0v) is 28.9. The number of hydrogen-bond donors (Lipinski definition) is 0. The lowest BCUT2D eigenvalue weighted by molar-refractivity contribution is 1.17. The average molecular weight is 676 g/mol. The molecule has 0 aliphatic heterocycles. The Morgan fingerprint density at radius 1 is 0.321 bits per heavy atom. The number of rotatable bonds is 6. The number of fused-ring (bicyclic) bond motifs is 4. The van der Waals surface area contributed by atoms with Gasteiger partial charge in [-0.1, -0.05) is 164 Å². The number of nitrogens with zero attached hydrogens (tertiary/aromatic N) is 3. The third-order valence-corrected chi connectivity index (χ3v) is 10.3. The van der Waals surface area contributed by atoms with Crippen molar-refractivity contribution in [3.63, 3.8) is 0 Å². The fourth-order valence-electron chi connectivity index (χ4n) is 7.63. The molecule has 2 heterocycles. The summed E-state index contributed by atoms with van der Waals surface area (Å²) in [4.78, 5) is 10.3. The first-order chi connectivity index (χ1) is 26.3. The first-order valence-corrected chi connectivity index (χ1v) is 18.0. The zero-order valence-electron chi connectivity index (χ0n) is 28.9. The largest absolute Gasteiger partial charge is 0.309 e. The molecule has 0 N–H and O–H groups in total. The molecule has 8 aromatic carbocycles. The van der Waals surface area contributed by atoms with Gasteiger partial charge in [0.2, 0.25) is 0 Å². The third-order valence-electron chi connectivity index (χ3n) is 10.3. The smallest absolute Gasteiger partial charge is 0.160 e. The Labute approximate surface area is 308 Å². The van der Waals surface area contributed by atoms with E-state index in [0.717, 1.165) is 33.4 Å². The fourth-order valence-corrected chi connectivity index (χ4v) is 7.63. The van der Waals surface area contributed by atoms with Gasteiger partial charge in [-0.05, 0) is 64.2 Å². The molecule has 0 fully saturated rings. The maximum absolute atomic E-state index is 5.20. The topological polar surface area (TPSA) is 30.7 Å². The van der Waals surface area contributed by atoms with Crippen LogP contribution in [0.25, 0.3) is 94.4 Å². The Morgan fingerprint density at radius 3 is 1.51 bits per heavy atom. The molecule has 53 heavy (non-hydrogen) atoms. The zero-order chi connectivity index (χ0) is 35.1. The molecule has 2 aromatic heterocycles. The van der Waals surface area contributed by atoms with Crippen molar-refractivity contribution in [1.82, 2.24) is 14.5 Å². The molecule has 0 aliphatic carbocycles. The van der Waals surface area contributed by atoms with Crippen LogP contribution in [0.5, 0.6) is 0 Å². The highest BCUT2D eigenvalue weighted by molar-refractivity contribution is 6.13. The lowest BCUT2D eigenvalue weighted by atomic mass is 9.98. The predicted octanol–water partition coefficient (Wildman–Crippen LogP) is 13.1. The summed E-state index contributed by atoms with van der Waals surface area (Å²) in [6, 6.07) is 70.9. The summed E-state index contributed by atoms with van der Waals surface area (Å²) in [6.07, 6.45) is 0. The van der Waals surface area contributed by atoms with Gasteiger partial charge in [-0.15, -0.1) is 0 Å². The molecule has 10 rings (SSSR count). The second-order valence-electron chi connectivity index (χ2n) is 13.4. The van der Waals surface area contributed by atoms with E-state index in [2.05, 4.69) is 193 Å². The minimum Gasteiger partial charge on any atom is -0.309 e. The molecule has 0 saturated carbocycles. The van der Waals surface area contributed by atoms with Crippen molar-refractivity contribution in [2.45, 2.75) is 0 Å². The lowest BCUT2D eigenvalue weighted by Crippen LogP contribution is -1.97. The molecular weight excluding hydrogens is 643 g/mol. The van der Waals surface area contributed by atoms with E-state index in [-0.39, 0.29) is 0 Å². The predicted molar refractivity (Wildman–Crippen MR) is 221 cm³/mol. The van der Waals surface area contributed by atoms with Crippen molar-refractivity contribution in [2.75, 3.05) is 0 Å². The normalized spacial score (nSPS) is 11.4. The Kier molecular flexibility index (Phi) is 7.47. The molecular formula is C50H33N3. The molecule has 0 spiro atoms. The summed E-state index contributed by atoms with van der Waals surface area (Å²) in [5.74, 6) is 0.707. The molecule has 10 aromatic rings. The number of para-hydroxylation sites is 3. The van der Waals surface area contributed by atoms with Crippen molar-refractivity contribution >= 4 is 32.7 Å². The molecule has 0 saturated heterocycles. The van der Waals surface area contributed by atoms with E-state index in [1.54, 1.807) is 0 Å². The van der Waals surface area contributed by atoms with Gasteiger partial charge in [0.05, 0.1) is 22.2 Å². The third kappa shape index (κ3) is 5.47. The van der Waals surface area contributed by atoms with Crippen LogP contribution in [0.4, 0.5) is 0 Å². The molecule has 0 amide bonds. The average Bonchev–Trinajstić information content (AvgIpc) is 3.59. The van der Waals surface area contributed by atoms with Gasteiger partial charge in [0.25, 0.3) is 0 Å². The van der Waals surface area contributed by atoms with Crippen LogP contribution in [0.2, 0.25) is 0 Å². The van der Waals surface area contributed by atoms with Crippen molar-refractivity contribution < 1.29 is 0 Å². The summed E-state index contributed by atoms with van der Waals surface area (Å²) in [5.41, 5.74) is 14.5. The molecule has 248 valence electrons. The van der Waals surface area contributed by atoms with Gasteiger partial charge in [-0.25, -0.2) is 9.97 Å². The summed E-state index contributed by atoms with van der Waals surface area (Å²) >= 11 is 0. The van der Waals surface area contributed by atoms with Crippen LogP contribution >= 0.6 is 0 Å². The Balaban J connectivity index is 1.07. The Bertz CT molecular complexity index is 2890. The quantitative estimate of drug-likeness (QED) is 0.176. The second-order valence-corrected chi connectivity index (χ2v) is 13.4. The minimum absolute atomic E-state index is 0.707. The summed E-state index contributed by atoms with van der Waals surface area (Å²) in [7, 11) is 0. The standard InChI is InChI=1S/C50H33N3/c1-3-12-34(13-4-1)36-22-26-38(27-23-36)42-18-11-19-44-43-16-8-10-21-47(43)53(49(42)44)41-32-30-40(31-33-41)50-51-46-20-9-7-17-45(46)48(52-50)39-28-24-37(25-29-39)35-14-5-2-6-15-35/h1-33H. The van der Waals surface area contributed by atoms with E-state index >= 15 is 0 Å². The van der Waals surface area contributed by atoms with E-state index in [9.17, 15) is 0 Å². The lowest BCUT2D eigenvalue weighted by Gasteiger charge is -2.13. The fraction of sp³-hybridized carbons (Fsp3) is 0. The van der Waals surface area contributed by atoms with Crippen LogP contribution < -0.4 is 0 Å². The maximum atomic E-state index is 5.20. The monoisotopic (exact) mass is 675 g/mol. The minimum atomic E-state index is 0.707. The van der Waals surface area contributed by atoms with E-state index < -0.39 is 0 Å². The summed E-state index contributed by atoms with van der Waals surface area (Å²) in [6.45, 7) is 0. The highest BCUT2D eigenvalue weighted by atomic mass is 15.0. The van der Waals surface area contributed by atoms with Crippen LogP contribution in [0.3, 0.4) is 0 Å². The molecule has 0 radical (unpaired) electrons. The number of benzene rings is 8. The molecule has 3 nitrogen and oxygen atoms in total. The first kappa shape index (κ1) is 30.7. The highest BCUT2D eigenvalue weighted by Crippen LogP contribution is 2.39. The van der Waals surface area contributed by atoms with Crippen LogP contribution in [-0.4, -0.2) is 14.5 Å². The van der Waals surface area contributed by atoms with Crippen molar-refractivity contribution in [2.24, 2.45) is 0 Å². The number of hydrogen-bond acceptors (Lipinski definition) is 2. The van der Waals surface area contributed by atoms with E-state index in [4.69, 9.17) is 9.97 Å². The first-order valence-electron chi connectivity index (χ1n) is 18.0. The van der Waals surface area contributed by atoms with Gasteiger partial charge >= 0.3 is 0 Å². The highest BCUT2D eigenvalue weighted by Gasteiger charge is 2.17. The summed E-state index contributed by atoms with van der Waals surface area (Å²) in [5, 5.41) is 3.50. The van der Waals surface area contributed by atoms with Crippen molar-refractivity contribution in [3.05, 3.63) is 200 Å². The van der Waals surface area contributed by atoms with Gasteiger partial charge in [-0.3, -0.25) is 0 Å². The van der Waals surface area contributed by atoms with Gasteiger partial charge < -0.3 is 4.57 Å². The van der Waals surface area contributed by atoms with Crippen molar-refractivity contribution in [1.29, 1.82) is 0 Å². The van der Waals surface area contributed by atoms with Crippen LogP contribution in [0, 0.1) is 0 Å². The van der Waals surface area contributed by atoms with Gasteiger partial charge in [0.15, 0.2) is 5.82 Å². The van der Waals surface area contributed by atoms with Crippen LogP contribution in [-0.2, 0) is 0 Å². The SMILES string of the molecule is c1ccc(-c2ccc(-c3nc(-c4ccc(-n5c6ccccc6c6cccc(-c7ccc(-c8ccccc8)cc7)c65)cc4)nc4ccccc34)cc2)cc1.